The highest BCUT2D eigenvalue weighted by Gasteiger charge is 2.34. The quantitative estimate of drug-likeness (QED) is 0.886. The molecule has 3 rings (SSSR count). The summed E-state index contributed by atoms with van der Waals surface area (Å²) in [5.41, 5.74) is 4.06. The minimum Gasteiger partial charge on any atom is -0.487 e. The zero-order valence-corrected chi connectivity index (χ0v) is 16.2. The first-order valence-electron chi connectivity index (χ1n) is 9.03. The molecule has 0 aliphatic carbocycles. The zero-order valence-electron chi connectivity index (χ0n) is 16.2. The molecule has 0 saturated carbocycles. The van der Waals surface area contributed by atoms with Gasteiger partial charge in [-0.25, -0.2) is 0 Å². The van der Waals surface area contributed by atoms with Gasteiger partial charge < -0.3 is 14.8 Å². The molecule has 26 heavy (non-hydrogen) atoms. The highest BCUT2D eigenvalue weighted by molar-refractivity contribution is 5.78. The fourth-order valence-corrected chi connectivity index (χ4v) is 3.46. The molecule has 1 heterocycles. The number of hydrogen-bond donors (Lipinski definition) is 1. The fraction of sp³-hybridized carbons (Fsp3) is 0.409. The molecule has 0 fully saturated rings. The fourth-order valence-electron chi connectivity index (χ4n) is 3.46. The van der Waals surface area contributed by atoms with Crippen molar-refractivity contribution in [2.45, 2.75) is 52.7 Å². The molecule has 2 aromatic carbocycles. The second kappa shape index (κ2) is 7.02. The third kappa shape index (κ3) is 4.01. The number of ether oxygens (including phenoxy) is 2. The minimum absolute atomic E-state index is 0.00366. The molecular weight excluding hydrogens is 326 g/mol. The van der Waals surface area contributed by atoms with Crippen LogP contribution in [0, 0.1) is 20.8 Å². The number of carbonyl (C=O) groups is 1. The summed E-state index contributed by atoms with van der Waals surface area (Å²) in [4.78, 5) is 12.5. The Kier molecular flexibility index (Phi) is 4.94. The number of nitrogens with one attached hydrogen (secondary N) is 1. The van der Waals surface area contributed by atoms with Crippen molar-refractivity contribution >= 4 is 5.91 Å². The number of amides is 1. The first-order chi connectivity index (χ1) is 12.2. The molecule has 4 nitrogen and oxygen atoms in total. The number of fused-ring (bicyclic) bond motifs is 1. The highest BCUT2D eigenvalue weighted by atomic mass is 16.5. The lowest BCUT2D eigenvalue weighted by atomic mass is 9.89. The number of hydrogen-bond acceptors (Lipinski definition) is 3. The van der Waals surface area contributed by atoms with Gasteiger partial charge in [-0.1, -0.05) is 24.3 Å². The Balaban J connectivity index is 1.69. The predicted molar refractivity (Wildman–Crippen MR) is 103 cm³/mol. The molecule has 0 spiro atoms. The monoisotopic (exact) mass is 353 g/mol. The standard InChI is InChI=1S/C22H27NO3/c1-14-10-15(2)16(3)20(11-14)25-13-21(24)23-18-12-22(4,5)26-19-9-7-6-8-17(18)19/h6-11,18H,12-13H2,1-5H3,(H,23,24)/t18-/m1/s1. The van der Waals surface area contributed by atoms with E-state index in [4.69, 9.17) is 9.47 Å². The smallest absolute Gasteiger partial charge is 0.258 e. The lowest BCUT2D eigenvalue weighted by molar-refractivity contribution is -0.124. The Labute approximate surface area is 155 Å². The maximum atomic E-state index is 12.5. The number of benzene rings is 2. The summed E-state index contributed by atoms with van der Waals surface area (Å²) < 4.78 is 11.8. The van der Waals surface area contributed by atoms with Gasteiger partial charge in [0.1, 0.15) is 17.1 Å². The van der Waals surface area contributed by atoms with Gasteiger partial charge in [0.05, 0.1) is 6.04 Å². The molecule has 1 amide bonds. The van der Waals surface area contributed by atoms with Crippen molar-refractivity contribution in [3.63, 3.8) is 0 Å². The summed E-state index contributed by atoms with van der Waals surface area (Å²) in [6, 6.07) is 11.9. The molecule has 1 aliphatic heterocycles. The second-order valence-corrected chi connectivity index (χ2v) is 7.72. The number of aryl methyl sites for hydroxylation is 2. The van der Waals surface area contributed by atoms with Crippen LogP contribution in [0.5, 0.6) is 11.5 Å². The molecule has 2 aromatic rings. The van der Waals surface area contributed by atoms with Crippen molar-refractivity contribution in [1.82, 2.24) is 5.32 Å². The van der Waals surface area contributed by atoms with Crippen LogP contribution in [0.25, 0.3) is 0 Å². The van der Waals surface area contributed by atoms with Crippen molar-refractivity contribution < 1.29 is 14.3 Å². The van der Waals surface area contributed by atoms with E-state index in [9.17, 15) is 4.79 Å². The molecule has 0 unspecified atom stereocenters. The summed E-state index contributed by atoms with van der Waals surface area (Å²) in [5.74, 6) is 1.48. The van der Waals surface area contributed by atoms with Crippen LogP contribution in [0.4, 0.5) is 0 Å². The van der Waals surface area contributed by atoms with Crippen LogP contribution in [0.1, 0.15) is 48.6 Å². The Morgan fingerprint density at radius 2 is 1.96 bits per heavy atom. The number of para-hydroxylation sites is 1. The summed E-state index contributed by atoms with van der Waals surface area (Å²) in [7, 11) is 0. The van der Waals surface area contributed by atoms with Crippen molar-refractivity contribution in [3.05, 3.63) is 58.7 Å². The van der Waals surface area contributed by atoms with Crippen molar-refractivity contribution in [2.75, 3.05) is 6.61 Å². The molecule has 0 aromatic heterocycles. The minimum atomic E-state index is -0.322. The third-order valence-electron chi connectivity index (χ3n) is 4.83. The van der Waals surface area contributed by atoms with Crippen molar-refractivity contribution in [2.24, 2.45) is 0 Å². The van der Waals surface area contributed by atoms with Crippen LogP contribution in [-0.4, -0.2) is 18.1 Å². The van der Waals surface area contributed by atoms with Gasteiger partial charge in [0, 0.05) is 12.0 Å². The normalized spacial score (nSPS) is 17.8. The molecule has 1 atom stereocenters. The van der Waals surface area contributed by atoms with E-state index >= 15 is 0 Å². The van der Waals surface area contributed by atoms with Crippen molar-refractivity contribution in [3.8, 4) is 11.5 Å². The van der Waals surface area contributed by atoms with Gasteiger partial charge in [-0.3, -0.25) is 4.79 Å². The Hall–Kier alpha value is -2.49. The van der Waals surface area contributed by atoms with Gasteiger partial charge in [0.15, 0.2) is 6.61 Å². The zero-order chi connectivity index (χ0) is 18.9. The van der Waals surface area contributed by atoms with E-state index in [0.29, 0.717) is 0 Å². The molecule has 4 heteroatoms. The second-order valence-electron chi connectivity index (χ2n) is 7.72. The average Bonchev–Trinajstić information content (AvgIpc) is 2.55. The Bertz CT molecular complexity index is 826. The van der Waals surface area contributed by atoms with Gasteiger partial charge in [0.25, 0.3) is 5.91 Å². The average molecular weight is 353 g/mol. The maximum Gasteiger partial charge on any atom is 0.258 e. The maximum absolute atomic E-state index is 12.5. The van der Waals surface area contributed by atoms with Gasteiger partial charge in [0.2, 0.25) is 0 Å². The highest BCUT2D eigenvalue weighted by Crippen LogP contribution is 2.39. The van der Waals surface area contributed by atoms with E-state index in [-0.39, 0.29) is 24.2 Å². The number of rotatable bonds is 4. The van der Waals surface area contributed by atoms with Crippen LogP contribution in [-0.2, 0) is 4.79 Å². The Morgan fingerprint density at radius 1 is 1.23 bits per heavy atom. The molecule has 0 saturated heterocycles. The van der Waals surface area contributed by atoms with Gasteiger partial charge in [-0.2, -0.15) is 0 Å². The summed E-state index contributed by atoms with van der Waals surface area (Å²) in [6.07, 6.45) is 0.721. The number of carbonyl (C=O) groups excluding carboxylic acids is 1. The largest absolute Gasteiger partial charge is 0.487 e. The van der Waals surface area contributed by atoms with E-state index in [0.717, 1.165) is 34.6 Å². The lowest BCUT2D eigenvalue weighted by Gasteiger charge is -2.37. The molecule has 138 valence electrons. The molecule has 1 aliphatic rings. The molecule has 0 bridgehead atoms. The van der Waals surface area contributed by atoms with Crippen molar-refractivity contribution in [1.29, 1.82) is 0 Å². The summed E-state index contributed by atoms with van der Waals surface area (Å²) >= 11 is 0. The van der Waals surface area contributed by atoms with E-state index in [1.807, 2.05) is 58.0 Å². The van der Waals surface area contributed by atoms with Crippen LogP contribution >= 0.6 is 0 Å². The first-order valence-corrected chi connectivity index (χ1v) is 9.03. The van der Waals surface area contributed by atoms with Crippen LogP contribution < -0.4 is 14.8 Å². The van der Waals surface area contributed by atoms with Crippen LogP contribution in [0.15, 0.2) is 36.4 Å². The van der Waals surface area contributed by atoms with Crippen LogP contribution in [0.2, 0.25) is 0 Å². The SMILES string of the molecule is Cc1cc(C)c(C)c(OCC(=O)N[C@@H]2CC(C)(C)Oc3ccccc32)c1. The van der Waals surface area contributed by atoms with E-state index in [1.54, 1.807) is 0 Å². The predicted octanol–water partition coefficient (Wildman–Crippen LogP) is 4.41. The summed E-state index contributed by atoms with van der Waals surface area (Å²) in [5, 5.41) is 3.11. The van der Waals surface area contributed by atoms with Gasteiger partial charge in [-0.15, -0.1) is 0 Å². The molecule has 0 radical (unpaired) electrons. The molecular formula is C22H27NO3. The van der Waals surface area contributed by atoms with Crippen LogP contribution in [0.3, 0.4) is 0 Å². The first kappa shape index (κ1) is 18.3. The van der Waals surface area contributed by atoms with Gasteiger partial charge in [-0.05, 0) is 63.4 Å². The van der Waals surface area contributed by atoms with E-state index < -0.39 is 0 Å². The topological polar surface area (TPSA) is 47.6 Å². The molecule has 1 N–H and O–H groups in total. The van der Waals surface area contributed by atoms with E-state index in [2.05, 4.69) is 18.3 Å². The van der Waals surface area contributed by atoms with E-state index in [1.165, 1.54) is 5.56 Å². The summed E-state index contributed by atoms with van der Waals surface area (Å²) in [6.45, 7) is 10.2. The lowest BCUT2D eigenvalue weighted by Crippen LogP contribution is -2.42. The third-order valence-corrected chi connectivity index (χ3v) is 4.83. The Morgan fingerprint density at radius 3 is 2.73 bits per heavy atom. The van der Waals surface area contributed by atoms with Gasteiger partial charge >= 0.3 is 0 Å².